The summed E-state index contributed by atoms with van der Waals surface area (Å²) in [6, 6.07) is 1.63. The molecule has 1 aromatic heterocycles. The van der Waals surface area contributed by atoms with E-state index < -0.39 is 0 Å². The number of pyridine rings is 1. The lowest BCUT2D eigenvalue weighted by molar-refractivity contribution is 1.04. The molecule has 0 saturated carbocycles. The van der Waals surface area contributed by atoms with Crippen molar-refractivity contribution in [2.45, 2.75) is 13.3 Å². The van der Waals surface area contributed by atoms with Crippen LogP contribution in [0.1, 0.15) is 12.6 Å². The highest BCUT2D eigenvalue weighted by atomic mass is 35.5. The van der Waals surface area contributed by atoms with Crippen LogP contribution >= 0.6 is 11.6 Å². The van der Waals surface area contributed by atoms with Crippen LogP contribution in [0.3, 0.4) is 0 Å². The van der Waals surface area contributed by atoms with Crippen LogP contribution in [0.25, 0.3) is 0 Å². The van der Waals surface area contributed by atoms with Gasteiger partial charge in [0.15, 0.2) is 5.15 Å². The molecule has 1 rings (SSSR count). The quantitative estimate of drug-likeness (QED) is 0.629. The highest BCUT2D eigenvalue weighted by molar-refractivity contribution is 6.31. The molecule has 1 heterocycles. The molecule has 60 valence electrons. The van der Waals surface area contributed by atoms with E-state index in [4.69, 9.17) is 23.1 Å². The monoisotopic (exact) mass is 171 g/mol. The summed E-state index contributed by atoms with van der Waals surface area (Å²) in [4.78, 5) is 4.01. The van der Waals surface area contributed by atoms with Crippen molar-refractivity contribution < 1.29 is 0 Å². The van der Waals surface area contributed by atoms with Gasteiger partial charge in [-0.25, -0.2) is 4.98 Å². The Morgan fingerprint density at radius 1 is 1.45 bits per heavy atom. The van der Waals surface area contributed by atoms with Crippen molar-refractivity contribution in [2.75, 3.05) is 11.5 Å². The van der Waals surface area contributed by atoms with Gasteiger partial charge in [-0.3, -0.25) is 0 Å². The van der Waals surface area contributed by atoms with Crippen LogP contribution in [0.4, 0.5) is 11.4 Å². The Labute approximate surface area is 70.4 Å². The molecule has 4 heteroatoms. The molecule has 0 amide bonds. The lowest BCUT2D eigenvalue weighted by Gasteiger charge is -2.03. The molecular weight excluding hydrogens is 162 g/mol. The Balaban J connectivity index is 3.21. The van der Waals surface area contributed by atoms with Crippen LogP contribution < -0.4 is 11.5 Å². The first-order valence-electron chi connectivity index (χ1n) is 3.35. The van der Waals surface area contributed by atoms with E-state index in [1.165, 1.54) is 0 Å². The lowest BCUT2D eigenvalue weighted by atomic mass is 10.2. The van der Waals surface area contributed by atoms with Crippen LogP contribution in [-0.4, -0.2) is 4.98 Å². The van der Waals surface area contributed by atoms with Gasteiger partial charge in [0.05, 0.1) is 17.1 Å². The number of aryl methyl sites for hydroxylation is 1. The number of rotatable bonds is 1. The SMILES string of the molecule is CCc1nc(Cl)c(N)cc1N. The molecule has 0 atom stereocenters. The molecule has 1 aromatic rings. The zero-order chi connectivity index (χ0) is 8.43. The highest BCUT2D eigenvalue weighted by Crippen LogP contribution is 2.21. The van der Waals surface area contributed by atoms with E-state index >= 15 is 0 Å². The summed E-state index contributed by atoms with van der Waals surface area (Å²) in [6.45, 7) is 1.96. The van der Waals surface area contributed by atoms with Crippen molar-refractivity contribution in [3.8, 4) is 0 Å². The number of aromatic nitrogens is 1. The molecule has 0 radical (unpaired) electrons. The molecule has 0 bridgehead atoms. The van der Waals surface area contributed by atoms with Gasteiger partial charge in [-0.2, -0.15) is 0 Å². The molecule has 0 saturated heterocycles. The van der Waals surface area contributed by atoms with Crippen LogP contribution in [-0.2, 0) is 6.42 Å². The summed E-state index contributed by atoms with van der Waals surface area (Å²) >= 11 is 5.67. The number of anilines is 2. The normalized spacial score (nSPS) is 10.0. The van der Waals surface area contributed by atoms with E-state index in [1.807, 2.05) is 6.92 Å². The maximum Gasteiger partial charge on any atom is 0.152 e. The van der Waals surface area contributed by atoms with Crippen molar-refractivity contribution in [1.82, 2.24) is 4.98 Å². The van der Waals surface area contributed by atoms with Crippen molar-refractivity contribution in [1.29, 1.82) is 0 Å². The lowest BCUT2D eigenvalue weighted by Crippen LogP contribution is -1.99. The Kier molecular flexibility index (Phi) is 2.19. The van der Waals surface area contributed by atoms with Crippen LogP contribution in [0.15, 0.2) is 6.07 Å². The van der Waals surface area contributed by atoms with Gasteiger partial charge in [0.1, 0.15) is 0 Å². The summed E-state index contributed by atoms with van der Waals surface area (Å²) in [7, 11) is 0. The third-order valence-electron chi connectivity index (χ3n) is 1.45. The van der Waals surface area contributed by atoms with Gasteiger partial charge in [-0.05, 0) is 12.5 Å². The molecule has 4 N–H and O–H groups in total. The van der Waals surface area contributed by atoms with E-state index in [2.05, 4.69) is 4.98 Å². The zero-order valence-corrected chi connectivity index (χ0v) is 7.02. The van der Waals surface area contributed by atoms with Crippen molar-refractivity contribution >= 4 is 23.0 Å². The van der Waals surface area contributed by atoms with E-state index in [0.29, 0.717) is 16.5 Å². The Morgan fingerprint density at radius 2 is 2.09 bits per heavy atom. The second kappa shape index (κ2) is 2.96. The topological polar surface area (TPSA) is 64.9 Å². The van der Waals surface area contributed by atoms with Crippen LogP contribution in [0.5, 0.6) is 0 Å². The number of hydrogen-bond donors (Lipinski definition) is 2. The van der Waals surface area contributed by atoms with Gasteiger partial charge in [-0.1, -0.05) is 18.5 Å². The molecular formula is C7H10ClN3. The first-order valence-corrected chi connectivity index (χ1v) is 3.73. The number of nitrogens with two attached hydrogens (primary N) is 2. The fourth-order valence-electron chi connectivity index (χ4n) is 0.841. The molecule has 0 aromatic carbocycles. The van der Waals surface area contributed by atoms with E-state index in [9.17, 15) is 0 Å². The average Bonchev–Trinajstić information content (AvgIpc) is 1.97. The number of hydrogen-bond acceptors (Lipinski definition) is 3. The minimum absolute atomic E-state index is 0.330. The average molecular weight is 172 g/mol. The molecule has 0 spiro atoms. The second-order valence-electron chi connectivity index (χ2n) is 2.26. The van der Waals surface area contributed by atoms with E-state index in [0.717, 1.165) is 12.1 Å². The predicted octanol–water partition coefficient (Wildman–Crippen LogP) is 1.46. The molecule has 3 nitrogen and oxygen atoms in total. The summed E-state index contributed by atoms with van der Waals surface area (Å²) in [6.07, 6.45) is 0.770. The number of halogens is 1. The van der Waals surface area contributed by atoms with Crippen molar-refractivity contribution in [3.05, 3.63) is 16.9 Å². The highest BCUT2D eigenvalue weighted by Gasteiger charge is 2.02. The van der Waals surface area contributed by atoms with Gasteiger partial charge in [0.2, 0.25) is 0 Å². The van der Waals surface area contributed by atoms with Gasteiger partial charge in [-0.15, -0.1) is 0 Å². The van der Waals surface area contributed by atoms with Gasteiger partial charge in [0.25, 0.3) is 0 Å². The van der Waals surface area contributed by atoms with Crippen molar-refractivity contribution in [3.63, 3.8) is 0 Å². The zero-order valence-electron chi connectivity index (χ0n) is 6.26. The molecule has 0 aliphatic carbocycles. The third-order valence-corrected chi connectivity index (χ3v) is 1.75. The maximum absolute atomic E-state index is 5.67. The summed E-state index contributed by atoms with van der Waals surface area (Å²) in [5.74, 6) is 0. The van der Waals surface area contributed by atoms with Gasteiger partial charge < -0.3 is 11.5 Å². The fraction of sp³-hybridized carbons (Fsp3) is 0.286. The predicted molar refractivity (Wildman–Crippen MR) is 47.4 cm³/mol. The molecule has 0 unspecified atom stereocenters. The minimum atomic E-state index is 0.330. The second-order valence-corrected chi connectivity index (χ2v) is 2.62. The first-order chi connectivity index (χ1) is 5.15. The number of nitrogen functional groups attached to an aromatic ring is 2. The molecule has 11 heavy (non-hydrogen) atoms. The third kappa shape index (κ3) is 1.54. The Morgan fingerprint density at radius 3 is 2.64 bits per heavy atom. The van der Waals surface area contributed by atoms with Crippen LogP contribution in [0.2, 0.25) is 5.15 Å². The molecule has 0 aliphatic heterocycles. The molecule has 0 fully saturated rings. The first kappa shape index (κ1) is 8.14. The fourth-order valence-corrected chi connectivity index (χ4v) is 0.998. The minimum Gasteiger partial charge on any atom is -0.397 e. The Bertz CT molecular complexity index is 273. The summed E-state index contributed by atoms with van der Waals surface area (Å²) in [5.41, 5.74) is 12.9. The van der Waals surface area contributed by atoms with Crippen molar-refractivity contribution in [2.24, 2.45) is 0 Å². The largest absolute Gasteiger partial charge is 0.397 e. The smallest absolute Gasteiger partial charge is 0.152 e. The van der Waals surface area contributed by atoms with E-state index in [1.54, 1.807) is 6.07 Å². The standard InChI is InChI=1S/C7H10ClN3/c1-2-6-4(9)3-5(10)7(8)11-6/h3H,2,9-10H2,1H3. The summed E-state index contributed by atoms with van der Waals surface area (Å²) < 4.78 is 0. The Hall–Kier alpha value is -0.960. The molecule has 0 aliphatic rings. The summed E-state index contributed by atoms with van der Waals surface area (Å²) in [5, 5.41) is 0.330. The maximum atomic E-state index is 5.67. The van der Waals surface area contributed by atoms with Gasteiger partial charge >= 0.3 is 0 Å². The van der Waals surface area contributed by atoms with Gasteiger partial charge in [0, 0.05) is 0 Å². The number of nitrogens with zero attached hydrogens (tertiary/aromatic N) is 1. The van der Waals surface area contributed by atoms with E-state index in [-0.39, 0.29) is 0 Å². The van der Waals surface area contributed by atoms with Crippen LogP contribution in [0, 0.1) is 0 Å².